The van der Waals surface area contributed by atoms with E-state index in [4.69, 9.17) is 0 Å². The van der Waals surface area contributed by atoms with Gasteiger partial charge in [-0.3, -0.25) is 4.68 Å². The third-order valence-corrected chi connectivity index (χ3v) is 2.37. The highest BCUT2D eigenvalue weighted by molar-refractivity contribution is 5.47. The molecule has 0 saturated carbocycles. The maximum absolute atomic E-state index is 13.5. The minimum Gasteiger partial charge on any atom is -0.371 e. The SMILES string of the molecule is CNc1nc(NCc2ccn(C)n2)c(F)cc1F. The zero-order valence-corrected chi connectivity index (χ0v) is 10.0. The monoisotopic (exact) mass is 253 g/mol. The van der Waals surface area contributed by atoms with E-state index in [1.165, 1.54) is 7.05 Å². The van der Waals surface area contributed by atoms with Crippen molar-refractivity contribution < 1.29 is 8.78 Å². The van der Waals surface area contributed by atoms with Crippen molar-refractivity contribution in [2.75, 3.05) is 17.7 Å². The lowest BCUT2D eigenvalue weighted by Gasteiger charge is -2.08. The molecule has 2 heterocycles. The molecule has 7 heteroatoms. The summed E-state index contributed by atoms with van der Waals surface area (Å²) in [6.07, 6.45) is 1.78. The van der Waals surface area contributed by atoms with E-state index in [9.17, 15) is 8.78 Å². The van der Waals surface area contributed by atoms with Gasteiger partial charge in [0, 0.05) is 26.4 Å². The zero-order valence-electron chi connectivity index (χ0n) is 10.0. The van der Waals surface area contributed by atoms with Gasteiger partial charge in [-0.2, -0.15) is 5.10 Å². The fourth-order valence-corrected chi connectivity index (χ4v) is 1.50. The number of aryl methyl sites for hydroxylation is 1. The first-order valence-electron chi connectivity index (χ1n) is 5.36. The van der Waals surface area contributed by atoms with Crippen molar-refractivity contribution in [2.24, 2.45) is 7.05 Å². The number of hydrogen-bond donors (Lipinski definition) is 2. The molecule has 0 spiro atoms. The molecule has 0 bridgehead atoms. The Morgan fingerprint density at radius 1 is 1.28 bits per heavy atom. The topological polar surface area (TPSA) is 54.8 Å². The van der Waals surface area contributed by atoms with Gasteiger partial charge >= 0.3 is 0 Å². The fraction of sp³-hybridized carbons (Fsp3) is 0.273. The molecular weight excluding hydrogens is 240 g/mol. The van der Waals surface area contributed by atoms with Crippen LogP contribution in [0, 0.1) is 11.6 Å². The Kier molecular flexibility index (Phi) is 3.40. The van der Waals surface area contributed by atoms with E-state index in [-0.39, 0.29) is 11.6 Å². The highest BCUT2D eigenvalue weighted by atomic mass is 19.1. The normalized spacial score (nSPS) is 10.4. The van der Waals surface area contributed by atoms with E-state index in [2.05, 4.69) is 20.7 Å². The average molecular weight is 253 g/mol. The summed E-state index contributed by atoms with van der Waals surface area (Å²) in [6.45, 7) is 0.319. The lowest BCUT2D eigenvalue weighted by Crippen LogP contribution is -2.07. The molecule has 0 amide bonds. The van der Waals surface area contributed by atoms with E-state index in [0.29, 0.717) is 6.54 Å². The van der Waals surface area contributed by atoms with Crippen LogP contribution in [0.3, 0.4) is 0 Å². The summed E-state index contributed by atoms with van der Waals surface area (Å²) < 4.78 is 28.3. The average Bonchev–Trinajstić information content (AvgIpc) is 2.74. The van der Waals surface area contributed by atoms with E-state index in [1.807, 2.05) is 0 Å². The summed E-state index contributed by atoms with van der Waals surface area (Å²) in [6, 6.07) is 2.59. The summed E-state index contributed by atoms with van der Waals surface area (Å²) in [5.41, 5.74) is 0.744. The molecule has 0 aliphatic heterocycles. The molecule has 18 heavy (non-hydrogen) atoms. The second kappa shape index (κ2) is 4.99. The van der Waals surface area contributed by atoms with E-state index in [0.717, 1.165) is 11.8 Å². The van der Waals surface area contributed by atoms with Crippen LogP contribution in [0.15, 0.2) is 18.3 Å². The van der Waals surface area contributed by atoms with Crippen LogP contribution in [-0.2, 0) is 13.6 Å². The molecule has 0 saturated heterocycles. The number of pyridine rings is 1. The Balaban J connectivity index is 2.13. The Morgan fingerprint density at radius 2 is 2.00 bits per heavy atom. The molecule has 0 atom stereocenters. The lowest BCUT2D eigenvalue weighted by molar-refractivity contribution is 0.578. The summed E-state index contributed by atoms with van der Waals surface area (Å²) in [7, 11) is 3.31. The first-order valence-corrected chi connectivity index (χ1v) is 5.36. The van der Waals surface area contributed by atoms with Crippen molar-refractivity contribution in [3.8, 4) is 0 Å². The predicted octanol–water partition coefficient (Wildman–Crippen LogP) is 1.75. The van der Waals surface area contributed by atoms with Crippen LogP contribution < -0.4 is 10.6 Å². The van der Waals surface area contributed by atoms with Gasteiger partial charge in [0.1, 0.15) is 0 Å². The molecule has 0 aliphatic rings. The Labute approximate surface area is 103 Å². The Morgan fingerprint density at radius 3 is 2.61 bits per heavy atom. The smallest absolute Gasteiger partial charge is 0.168 e. The molecule has 2 rings (SSSR count). The largest absolute Gasteiger partial charge is 0.371 e. The van der Waals surface area contributed by atoms with Crippen molar-refractivity contribution in [1.82, 2.24) is 14.8 Å². The number of aromatic nitrogens is 3. The van der Waals surface area contributed by atoms with Gasteiger partial charge in [-0.05, 0) is 6.07 Å². The fourth-order valence-electron chi connectivity index (χ4n) is 1.50. The van der Waals surface area contributed by atoms with Crippen molar-refractivity contribution in [3.63, 3.8) is 0 Å². The van der Waals surface area contributed by atoms with Crippen molar-refractivity contribution in [1.29, 1.82) is 0 Å². The van der Waals surface area contributed by atoms with Crippen LogP contribution in [0.5, 0.6) is 0 Å². The highest BCUT2D eigenvalue weighted by Crippen LogP contribution is 2.18. The molecule has 96 valence electrons. The second-order valence-electron chi connectivity index (χ2n) is 3.73. The Bertz CT molecular complexity index is 552. The minimum absolute atomic E-state index is 0.0000733. The van der Waals surface area contributed by atoms with Gasteiger partial charge < -0.3 is 10.6 Å². The lowest BCUT2D eigenvalue weighted by atomic mass is 10.3. The van der Waals surface area contributed by atoms with Gasteiger partial charge in [0.2, 0.25) is 0 Å². The minimum atomic E-state index is -0.734. The van der Waals surface area contributed by atoms with Crippen LogP contribution >= 0.6 is 0 Å². The van der Waals surface area contributed by atoms with Crippen LogP contribution in [0.4, 0.5) is 20.4 Å². The first kappa shape index (κ1) is 12.3. The maximum Gasteiger partial charge on any atom is 0.168 e. The number of halogens is 2. The zero-order chi connectivity index (χ0) is 13.1. The van der Waals surface area contributed by atoms with Crippen LogP contribution in [-0.4, -0.2) is 21.8 Å². The number of nitrogens with one attached hydrogen (secondary N) is 2. The molecule has 2 N–H and O–H groups in total. The van der Waals surface area contributed by atoms with Crippen LogP contribution in [0.2, 0.25) is 0 Å². The van der Waals surface area contributed by atoms with Crippen molar-refractivity contribution >= 4 is 11.6 Å². The molecule has 0 radical (unpaired) electrons. The summed E-state index contributed by atoms with van der Waals surface area (Å²) >= 11 is 0. The van der Waals surface area contributed by atoms with Crippen molar-refractivity contribution in [2.45, 2.75) is 6.54 Å². The second-order valence-corrected chi connectivity index (χ2v) is 3.73. The van der Waals surface area contributed by atoms with E-state index < -0.39 is 11.6 Å². The molecule has 2 aromatic heterocycles. The number of rotatable bonds is 4. The maximum atomic E-state index is 13.5. The molecule has 0 aromatic carbocycles. The van der Waals surface area contributed by atoms with Gasteiger partial charge in [-0.25, -0.2) is 13.8 Å². The summed E-state index contributed by atoms with van der Waals surface area (Å²) in [4.78, 5) is 3.81. The summed E-state index contributed by atoms with van der Waals surface area (Å²) in [5, 5.41) is 9.46. The highest BCUT2D eigenvalue weighted by Gasteiger charge is 2.10. The number of hydrogen-bond acceptors (Lipinski definition) is 4. The number of anilines is 2. The third-order valence-electron chi connectivity index (χ3n) is 2.37. The predicted molar refractivity (Wildman–Crippen MR) is 64.2 cm³/mol. The first-order chi connectivity index (χ1) is 8.60. The van der Waals surface area contributed by atoms with Gasteiger partial charge in [-0.1, -0.05) is 0 Å². The van der Waals surface area contributed by atoms with Crippen LogP contribution in [0.25, 0.3) is 0 Å². The number of nitrogens with zero attached hydrogens (tertiary/aromatic N) is 3. The molecule has 5 nitrogen and oxygen atoms in total. The van der Waals surface area contributed by atoms with Crippen molar-refractivity contribution in [3.05, 3.63) is 35.7 Å². The standard InChI is InChI=1S/C11H13F2N5/c1-14-10-8(12)5-9(13)11(16-10)15-6-7-3-4-18(2)17-7/h3-5H,6H2,1-2H3,(H2,14,15,16). The van der Waals surface area contributed by atoms with Gasteiger partial charge in [-0.15, -0.1) is 0 Å². The summed E-state index contributed by atoms with van der Waals surface area (Å²) in [5.74, 6) is -1.47. The molecule has 0 fully saturated rings. The van der Waals surface area contributed by atoms with Crippen LogP contribution in [0.1, 0.15) is 5.69 Å². The quantitative estimate of drug-likeness (QED) is 0.871. The van der Waals surface area contributed by atoms with Gasteiger partial charge in [0.15, 0.2) is 23.3 Å². The molecular formula is C11H13F2N5. The van der Waals surface area contributed by atoms with Gasteiger partial charge in [0.05, 0.1) is 12.2 Å². The molecule has 0 unspecified atom stereocenters. The molecule has 2 aromatic rings. The Hall–Kier alpha value is -2.18. The van der Waals surface area contributed by atoms with Gasteiger partial charge in [0.25, 0.3) is 0 Å². The molecule has 0 aliphatic carbocycles. The van der Waals surface area contributed by atoms with E-state index >= 15 is 0 Å². The van der Waals surface area contributed by atoms with E-state index in [1.54, 1.807) is 24.0 Å². The third kappa shape index (κ3) is 2.55.